The molecule has 5 fully saturated rings. The fourth-order valence-electron chi connectivity index (χ4n) is 10.4. The highest BCUT2D eigenvalue weighted by Gasteiger charge is 2.52. The first-order chi connectivity index (χ1) is 23.3. The van der Waals surface area contributed by atoms with Crippen LogP contribution in [0.15, 0.2) is 59.6 Å². The second-order valence-corrected chi connectivity index (χ2v) is 17.8. The molecule has 0 aromatic heterocycles. The van der Waals surface area contributed by atoms with E-state index in [-0.39, 0.29) is 0 Å². The molecule has 5 aliphatic heterocycles. The summed E-state index contributed by atoms with van der Waals surface area (Å²) in [6.45, 7) is 27.2. The minimum Gasteiger partial charge on any atom is -0.497 e. The van der Waals surface area contributed by atoms with Gasteiger partial charge < -0.3 is 23.7 Å². The largest absolute Gasteiger partial charge is 0.497 e. The average molecular weight is 697 g/mol. The lowest BCUT2D eigenvalue weighted by Crippen LogP contribution is -2.47. The van der Waals surface area contributed by atoms with E-state index in [1.807, 2.05) is 25.0 Å². The lowest BCUT2D eigenvalue weighted by molar-refractivity contribution is -0.0492. The van der Waals surface area contributed by atoms with Crippen molar-refractivity contribution in [1.29, 1.82) is 0 Å². The Labute approximate surface area is 302 Å². The first-order valence-electron chi connectivity index (χ1n) is 19.6. The molecule has 5 heterocycles. The van der Waals surface area contributed by atoms with Crippen LogP contribution in [0.5, 0.6) is 0 Å². The summed E-state index contributed by atoms with van der Waals surface area (Å²) in [4.78, 5) is 0. The van der Waals surface area contributed by atoms with E-state index in [4.69, 9.17) is 35.3 Å². The Morgan fingerprint density at radius 1 is 0.469 bits per heavy atom. The molecule has 10 aliphatic rings. The van der Waals surface area contributed by atoms with Crippen LogP contribution in [-0.2, 0) is 23.7 Å². The van der Waals surface area contributed by atoms with Gasteiger partial charge in [0.1, 0.15) is 30.5 Å². The van der Waals surface area contributed by atoms with Crippen LogP contribution in [-0.4, -0.2) is 30.5 Å². The summed E-state index contributed by atoms with van der Waals surface area (Å²) in [7, 11) is 0. The molecule has 20 unspecified atom stereocenters. The molecule has 0 N–H and O–H groups in total. The van der Waals surface area contributed by atoms with E-state index in [0.717, 1.165) is 82.5 Å². The van der Waals surface area contributed by atoms with Crippen molar-refractivity contribution >= 4 is 11.6 Å². The molecule has 0 amide bonds. The van der Waals surface area contributed by atoms with E-state index in [1.165, 1.54) is 11.1 Å². The summed E-state index contributed by atoms with van der Waals surface area (Å²) in [5.74, 6) is 11.3. The minimum atomic E-state index is 0.391. The van der Waals surface area contributed by atoms with Crippen molar-refractivity contribution in [2.75, 3.05) is 0 Å². The van der Waals surface area contributed by atoms with Crippen LogP contribution < -0.4 is 0 Å². The van der Waals surface area contributed by atoms with Gasteiger partial charge in [-0.2, -0.15) is 0 Å². The molecule has 0 aromatic rings. The summed E-state index contributed by atoms with van der Waals surface area (Å²) in [6.07, 6.45) is 17.4. The molecule has 0 saturated heterocycles. The van der Waals surface area contributed by atoms with E-state index >= 15 is 0 Å². The first-order valence-corrected chi connectivity index (χ1v) is 20.0. The topological polar surface area (TPSA) is 46.2 Å². The predicted octanol–water partition coefficient (Wildman–Crippen LogP) is 10.7. The fourth-order valence-corrected chi connectivity index (χ4v) is 10.8. The van der Waals surface area contributed by atoms with Gasteiger partial charge in [0.25, 0.3) is 0 Å². The van der Waals surface area contributed by atoms with Gasteiger partial charge in [-0.15, -0.1) is 0 Å². The van der Waals surface area contributed by atoms with Crippen molar-refractivity contribution in [2.45, 2.75) is 120 Å². The average Bonchev–Trinajstić information content (AvgIpc) is 3.95. The maximum absolute atomic E-state index is 5.91. The van der Waals surface area contributed by atoms with Crippen molar-refractivity contribution in [3.63, 3.8) is 0 Å². The molecule has 0 radical (unpaired) electrons. The lowest BCUT2D eigenvalue weighted by Gasteiger charge is -2.44. The zero-order chi connectivity index (χ0) is 35.5. The highest BCUT2D eigenvalue weighted by atomic mass is 35.5. The molecule has 0 aromatic carbocycles. The summed E-state index contributed by atoms with van der Waals surface area (Å²) >= 11 is 5.91. The van der Waals surface area contributed by atoms with E-state index in [1.54, 1.807) is 6.26 Å². The van der Waals surface area contributed by atoms with Crippen molar-refractivity contribution in [3.8, 4) is 0 Å². The van der Waals surface area contributed by atoms with Crippen LogP contribution in [0.1, 0.15) is 89.5 Å². The summed E-state index contributed by atoms with van der Waals surface area (Å²) in [5.41, 5.74) is 2.97. The second-order valence-electron chi connectivity index (χ2n) is 17.4. The maximum atomic E-state index is 5.91. The molecule has 5 nitrogen and oxygen atoms in total. The SMILES string of the molecule is CC1=COC2C(C)C(C)C12.CC1C(C)C2C(Cl)=COC12.CC1C(C)C2OC=CC12.CC1C(C)C2OC=CC12.CCC1=COC2C(C)C(C)C12. The lowest BCUT2D eigenvalue weighted by atomic mass is 9.62. The standard InChI is InChI=1S/C10H16O.C9H14O.C8H11ClO.2C8H12O/c1-4-8-5-11-10-7(3)6(2)9(8)10;1-5-4-10-9-7(3)6(2)8(5)9;1-4-5(2)8-7(4)6(9)3-10-8;2*1-5-6(2)8-7(5)3-4-9-8/h5-7,9-10H,4H2,1-3H3;4,6-9H,1-3H3;3-5,7-8H,1-2H3;2*3-8H,1-2H3. The molecule has 6 heteroatoms. The zero-order valence-electron chi connectivity index (χ0n) is 32.2. The normalized spacial score (nSPS) is 51.2. The molecular formula is C43H65ClO5. The molecule has 20 atom stereocenters. The van der Waals surface area contributed by atoms with E-state index in [2.05, 4.69) is 95.2 Å². The van der Waals surface area contributed by atoms with Gasteiger partial charge in [0, 0.05) is 29.6 Å². The van der Waals surface area contributed by atoms with Gasteiger partial charge in [-0.3, -0.25) is 0 Å². The molecule has 0 spiro atoms. The number of hydrogen-bond donors (Lipinski definition) is 0. The summed E-state index contributed by atoms with van der Waals surface area (Å²) in [5, 5.41) is 0.913. The highest BCUT2D eigenvalue weighted by molar-refractivity contribution is 6.30. The Bertz CT molecular complexity index is 1250. The van der Waals surface area contributed by atoms with Gasteiger partial charge in [0.05, 0.1) is 36.3 Å². The molecule has 5 saturated carbocycles. The van der Waals surface area contributed by atoms with Crippen molar-refractivity contribution in [1.82, 2.24) is 0 Å². The Morgan fingerprint density at radius 2 is 0.878 bits per heavy atom. The maximum Gasteiger partial charge on any atom is 0.109 e. The van der Waals surface area contributed by atoms with Crippen molar-refractivity contribution in [2.24, 2.45) is 88.8 Å². The minimum absolute atomic E-state index is 0.391. The van der Waals surface area contributed by atoms with Gasteiger partial charge in [-0.1, -0.05) is 87.8 Å². The molecule has 49 heavy (non-hydrogen) atoms. The van der Waals surface area contributed by atoms with Gasteiger partial charge in [-0.05, 0) is 95.8 Å². The Hall–Kier alpha value is -2.01. The van der Waals surface area contributed by atoms with E-state index in [9.17, 15) is 0 Å². The van der Waals surface area contributed by atoms with Crippen LogP contribution in [0.2, 0.25) is 0 Å². The van der Waals surface area contributed by atoms with Gasteiger partial charge in [0.15, 0.2) is 0 Å². The summed E-state index contributed by atoms with van der Waals surface area (Å²) < 4.78 is 27.1. The fraction of sp³-hybridized carbons (Fsp3) is 0.767. The van der Waals surface area contributed by atoms with Crippen LogP contribution in [0.3, 0.4) is 0 Å². The van der Waals surface area contributed by atoms with Crippen LogP contribution in [0, 0.1) is 88.8 Å². The van der Waals surface area contributed by atoms with Gasteiger partial charge >= 0.3 is 0 Å². The number of hydrogen-bond acceptors (Lipinski definition) is 5. The summed E-state index contributed by atoms with van der Waals surface area (Å²) in [6, 6.07) is 0. The van der Waals surface area contributed by atoms with Crippen LogP contribution in [0.4, 0.5) is 0 Å². The highest BCUT2D eigenvalue weighted by Crippen LogP contribution is 2.52. The monoisotopic (exact) mass is 696 g/mol. The Balaban J connectivity index is 0.000000106. The first kappa shape index (κ1) is 36.8. The van der Waals surface area contributed by atoms with E-state index in [0.29, 0.717) is 48.3 Å². The molecule has 274 valence electrons. The number of ether oxygens (including phenoxy) is 5. The number of halogens is 1. The number of fused-ring (bicyclic) bond motifs is 5. The van der Waals surface area contributed by atoms with Crippen molar-refractivity contribution in [3.05, 3.63) is 59.6 Å². The van der Waals surface area contributed by atoms with E-state index < -0.39 is 0 Å². The number of rotatable bonds is 1. The molecule has 5 aliphatic carbocycles. The van der Waals surface area contributed by atoms with Gasteiger partial charge in [-0.25, -0.2) is 0 Å². The van der Waals surface area contributed by atoms with Crippen LogP contribution in [0.25, 0.3) is 0 Å². The Kier molecular flexibility index (Phi) is 10.9. The Morgan fingerprint density at radius 3 is 1.35 bits per heavy atom. The smallest absolute Gasteiger partial charge is 0.109 e. The second kappa shape index (κ2) is 14.5. The van der Waals surface area contributed by atoms with Crippen LogP contribution >= 0.6 is 11.6 Å². The molecule has 10 rings (SSSR count). The third kappa shape index (κ3) is 6.29. The quantitative estimate of drug-likeness (QED) is 0.273. The molecule has 0 bridgehead atoms. The third-order valence-corrected chi connectivity index (χ3v) is 15.7. The van der Waals surface area contributed by atoms with Crippen molar-refractivity contribution < 1.29 is 23.7 Å². The zero-order valence-corrected chi connectivity index (χ0v) is 33.0. The third-order valence-electron chi connectivity index (χ3n) is 15.4. The van der Waals surface area contributed by atoms with Gasteiger partial charge in [0.2, 0.25) is 0 Å². The molecular weight excluding hydrogens is 632 g/mol. The predicted molar refractivity (Wildman–Crippen MR) is 198 cm³/mol.